The van der Waals surface area contributed by atoms with E-state index in [-0.39, 0.29) is 11.9 Å². The maximum atomic E-state index is 12.4. The molecule has 1 aliphatic heterocycles. The third kappa shape index (κ3) is 4.43. The van der Waals surface area contributed by atoms with Gasteiger partial charge in [0.05, 0.1) is 25.1 Å². The summed E-state index contributed by atoms with van der Waals surface area (Å²) in [4.78, 5) is 14.8. The minimum absolute atomic E-state index is 0.193. The lowest BCUT2D eigenvalue weighted by Crippen LogP contribution is -2.51. The van der Waals surface area contributed by atoms with Crippen molar-refractivity contribution in [2.24, 2.45) is 5.92 Å². The van der Waals surface area contributed by atoms with Gasteiger partial charge in [-0.1, -0.05) is 37.3 Å². The number of hydrogen-bond acceptors (Lipinski definition) is 5. The van der Waals surface area contributed by atoms with Crippen LogP contribution in [0, 0.1) is 5.92 Å². The fourth-order valence-corrected chi connectivity index (χ4v) is 3.06. The van der Waals surface area contributed by atoms with E-state index in [4.69, 9.17) is 4.74 Å². The number of aromatic nitrogens is 3. The van der Waals surface area contributed by atoms with E-state index in [1.165, 1.54) is 0 Å². The third-order valence-corrected chi connectivity index (χ3v) is 4.50. The van der Waals surface area contributed by atoms with Crippen molar-refractivity contribution < 1.29 is 9.53 Å². The van der Waals surface area contributed by atoms with Crippen molar-refractivity contribution in [3.05, 3.63) is 42.2 Å². The quantitative estimate of drug-likeness (QED) is 0.857. The molecule has 0 radical (unpaired) electrons. The van der Waals surface area contributed by atoms with Crippen LogP contribution in [-0.4, -0.2) is 64.7 Å². The first-order valence-corrected chi connectivity index (χ1v) is 8.73. The molecule has 1 saturated heterocycles. The number of para-hydroxylation sites is 1. The maximum absolute atomic E-state index is 12.4. The second kappa shape index (κ2) is 8.22. The molecular formula is C18H25N5O2. The fraction of sp³-hybridized carbons (Fsp3) is 0.500. The van der Waals surface area contributed by atoms with Crippen LogP contribution in [0.5, 0.6) is 0 Å². The van der Waals surface area contributed by atoms with E-state index in [0.717, 1.165) is 32.0 Å². The summed E-state index contributed by atoms with van der Waals surface area (Å²) in [6, 6.07) is 9.91. The first-order chi connectivity index (χ1) is 12.1. The van der Waals surface area contributed by atoms with Crippen LogP contribution in [0.4, 0.5) is 0 Å². The minimum atomic E-state index is -0.193. The molecule has 1 atom stereocenters. The van der Waals surface area contributed by atoms with Crippen molar-refractivity contribution >= 4 is 5.91 Å². The van der Waals surface area contributed by atoms with Crippen LogP contribution in [0.2, 0.25) is 0 Å². The number of hydrogen-bond donors (Lipinski definition) is 1. The number of carbonyl (C=O) groups excluding carboxylic acids is 1. The van der Waals surface area contributed by atoms with Crippen LogP contribution in [0.1, 0.15) is 24.3 Å². The zero-order chi connectivity index (χ0) is 17.6. The summed E-state index contributed by atoms with van der Waals surface area (Å²) in [5, 5.41) is 11.0. The van der Waals surface area contributed by atoms with Crippen molar-refractivity contribution in [3.8, 4) is 5.69 Å². The Labute approximate surface area is 148 Å². The Hall–Kier alpha value is -2.25. The average Bonchev–Trinajstić information content (AvgIpc) is 3.13. The Morgan fingerprint density at radius 3 is 2.64 bits per heavy atom. The Kier molecular flexibility index (Phi) is 5.78. The molecule has 2 aromatic rings. The van der Waals surface area contributed by atoms with Crippen LogP contribution in [0.25, 0.3) is 5.69 Å². The van der Waals surface area contributed by atoms with Gasteiger partial charge in [0.1, 0.15) is 0 Å². The molecule has 1 fully saturated rings. The van der Waals surface area contributed by atoms with Crippen molar-refractivity contribution in [3.63, 3.8) is 0 Å². The monoisotopic (exact) mass is 343 g/mol. The van der Waals surface area contributed by atoms with Crippen LogP contribution in [0.15, 0.2) is 36.5 Å². The summed E-state index contributed by atoms with van der Waals surface area (Å²) in [7, 11) is 0. The lowest BCUT2D eigenvalue weighted by atomic mass is 10.0. The standard InChI is InChI=1S/C18H25N5O2/c1-14(2)17(22-8-10-25-11-9-22)12-19-18(24)16-13-23(21-20-16)15-6-4-3-5-7-15/h3-7,13-14,17H,8-12H2,1-2H3,(H,19,24)/t17-/m1/s1. The molecule has 0 bridgehead atoms. The second-order valence-corrected chi connectivity index (χ2v) is 6.55. The SMILES string of the molecule is CC(C)[C@@H](CNC(=O)c1cn(-c2ccccc2)nn1)N1CCOCC1. The smallest absolute Gasteiger partial charge is 0.273 e. The summed E-state index contributed by atoms with van der Waals surface area (Å²) in [6.45, 7) is 8.27. The molecule has 134 valence electrons. The Morgan fingerprint density at radius 1 is 1.24 bits per heavy atom. The van der Waals surface area contributed by atoms with Gasteiger partial charge in [-0.2, -0.15) is 0 Å². The summed E-state index contributed by atoms with van der Waals surface area (Å²) in [6.07, 6.45) is 1.66. The second-order valence-electron chi connectivity index (χ2n) is 6.55. The van der Waals surface area contributed by atoms with Gasteiger partial charge in [-0.3, -0.25) is 9.69 Å². The molecule has 0 unspecified atom stereocenters. The van der Waals surface area contributed by atoms with Gasteiger partial charge in [-0.05, 0) is 18.1 Å². The molecule has 0 saturated carbocycles. The van der Waals surface area contributed by atoms with E-state index in [1.807, 2.05) is 30.3 Å². The van der Waals surface area contributed by atoms with Gasteiger partial charge in [0.2, 0.25) is 0 Å². The summed E-state index contributed by atoms with van der Waals surface area (Å²) >= 11 is 0. The summed E-state index contributed by atoms with van der Waals surface area (Å²) in [5.74, 6) is 0.250. The van der Waals surface area contributed by atoms with Gasteiger partial charge >= 0.3 is 0 Å². The van der Waals surface area contributed by atoms with Gasteiger partial charge < -0.3 is 10.1 Å². The number of carbonyl (C=O) groups is 1. The molecule has 7 heteroatoms. The topological polar surface area (TPSA) is 72.3 Å². The number of rotatable bonds is 6. The number of nitrogens with one attached hydrogen (secondary N) is 1. The van der Waals surface area contributed by atoms with Gasteiger partial charge in [0, 0.05) is 25.7 Å². The van der Waals surface area contributed by atoms with Crippen molar-refractivity contribution in [1.82, 2.24) is 25.2 Å². The molecule has 0 aliphatic carbocycles. The number of benzene rings is 1. The van der Waals surface area contributed by atoms with Crippen LogP contribution in [0.3, 0.4) is 0 Å². The van der Waals surface area contributed by atoms with Gasteiger partial charge in [-0.15, -0.1) is 5.10 Å². The molecule has 1 aromatic carbocycles. The Bertz CT molecular complexity index is 680. The number of nitrogens with zero attached hydrogens (tertiary/aromatic N) is 4. The van der Waals surface area contributed by atoms with Crippen molar-refractivity contribution in [2.75, 3.05) is 32.8 Å². The highest BCUT2D eigenvalue weighted by Crippen LogP contribution is 2.12. The number of morpholine rings is 1. The van der Waals surface area contributed by atoms with E-state index < -0.39 is 0 Å². The lowest BCUT2D eigenvalue weighted by molar-refractivity contribution is 0.00671. The zero-order valence-electron chi connectivity index (χ0n) is 14.8. The van der Waals surface area contributed by atoms with Crippen LogP contribution in [-0.2, 0) is 4.74 Å². The predicted octanol–water partition coefficient (Wildman–Crippen LogP) is 1.35. The van der Waals surface area contributed by atoms with Crippen molar-refractivity contribution in [1.29, 1.82) is 0 Å². The molecule has 1 aromatic heterocycles. The zero-order valence-corrected chi connectivity index (χ0v) is 14.8. The Balaban J connectivity index is 1.60. The van der Waals surface area contributed by atoms with Gasteiger partial charge in [-0.25, -0.2) is 4.68 Å². The maximum Gasteiger partial charge on any atom is 0.273 e. The van der Waals surface area contributed by atoms with E-state index in [1.54, 1.807) is 10.9 Å². The van der Waals surface area contributed by atoms with E-state index >= 15 is 0 Å². The van der Waals surface area contributed by atoms with E-state index in [0.29, 0.717) is 18.2 Å². The average molecular weight is 343 g/mol. The van der Waals surface area contributed by atoms with Crippen LogP contribution >= 0.6 is 0 Å². The number of ether oxygens (including phenoxy) is 1. The van der Waals surface area contributed by atoms with E-state index in [9.17, 15) is 4.79 Å². The largest absolute Gasteiger partial charge is 0.379 e. The highest BCUT2D eigenvalue weighted by atomic mass is 16.5. The predicted molar refractivity (Wildman–Crippen MR) is 94.7 cm³/mol. The summed E-state index contributed by atoms with van der Waals surface area (Å²) in [5.41, 5.74) is 1.20. The molecule has 1 N–H and O–H groups in total. The normalized spacial score (nSPS) is 16.8. The van der Waals surface area contributed by atoms with Gasteiger partial charge in [0.25, 0.3) is 5.91 Å². The molecule has 25 heavy (non-hydrogen) atoms. The molecule has 3 rings (SSSR count). The lowest BCUT2D eigenvalue weighted by Gasteiger charge is -2.36. The van der Waals surface area contributed by atoms with Gasteiger partial charge in [0.15, 0.2) is 5.69 Å². The molecule has 2 heterocycles. The Morgan fingerprint density at radius 2 is 1.96 bits per heavy atom. The number of amides is 1. The minimum Gasteiger partial charge on any atom is -0.379 e. The third-order valence-electron chi connectivity index (χ3n) is 4.50. The first kappa shape index (κ1) is 17.6. The highest BCUT2D eigenvalue weighted by Gasteiger charge is 2.24. The molecule has 7 nitrogen and oxygen atoms in total. The van der Waals surface area contributed by atoms with E-state index in [2.05, 4.69) is 34.4 Å². The van der Waals surface area contributed by atoms with Crippen LogP contribution < -0.4 is 5.32 Å². The highest BCUT2D eigenvalue weighted by molar-refractivity contribution is 5.91. The fourth-order valence-electron chi connectivity index (χ4n) is 3.06. The molecular weight excluding hydrogens is 318 g/mol. The summed E-state index contributed by atoms with van der Waals surface area (Å²) < 4.78 is 7.03. The van der Waals surface area contributed by atoms with Crippen molar-refractivity contribution in [2.45, 2.75) is 19.9 Å². The molecule has 0 spiro atoms. The molecule has 1 aliphatic rings. The first-order valence-electron chi connectivity index (χ1n) is 8.73. The molecule has 1 amide bonds.